The van der Waals surface area contributed by atoms with E-state index in [4.69, 9.17) is 4.74 Å². The van der Waals surface area contributed by atoms with E-state index >= 15 is 0 Å². The Kier molecular flexibility index (Phi) is 9.94. The number of benzene rings is 1. The third-order valence-corrected chi connectivity index (χ3v) is 4.80. The fourth-order valence-corrected chi connectivity index (χ4v) is 3.45. The fraction of sp³-hybridized carbons (Fsp3) is 0.579. The fourth-order valence-electron chi connectivity index (χ4n) is 3.08. The highest BCUT2D eigenvalue weighted by molar-refractivity contribution is 14.1. The number of carbonyl (C=O) groups is 2. The van der Waals surface area contributed by atoms with Crippen LogP contribution in [0.5, 0.6) is 0 Å². The summed E-state index contributed by atoms with van der Waals surface area (Å²) in [6, 6.07) is 9.46. The summed E-state index contributed by atoms with van der Waals surface area (Å²) in [5, 5.41) is 8.80. The molecule has 0 aromatic heterocycles. The number of carbonyl (C=O) groups excluding carboxylic acids is 2. The summed E-state index contributed by atoms with van der Waals surface area (Å²) in [5.41, 5.74) is 1.20. The van der Waals surface area contributed by atoms with Gasteiger partial charge in [0.05, 0.1) is 6.61 Å². The first-order chi connectivity index (χ1) is 12.6. The zero-order chi connectivity index (χ0) is 18.6. The third-order valence-electron chi connectivity index (χ3n) is 4.49. The summed E-state index contributed by atoms with van der Waals surface area (Å²) in [5.74, 6) is 0.388. The number of nitrogens with one attached hydrogen (secondary N) is 3. The van der Waals surface area contributed by atoms with E-state index in [0.29, 0.717) is 25.6 Å². The molecule has 1 unspecified atom stereocenters. The van der Waals surface area contributed by atoms with Crippen LogP contribution in [0.15, 0.2) is 30.3 Å². The Bertz CT molecular complexity index is 550. The number of halogens is 1. The van der Waals surface area contributed by atoms with E-state index in [2.05, 4.69) is 28.1 Å². The van der Waals surface area contributed by atoms with Crippen molar-refractivity contribution in [3.8, 4) is 0 Å². The third kappa shape index (κ3) is 8.46. The maximum absolute atomic E-state index is 12.3. The summed E-state index contributed by atoms with van der Waals surface area (Å²) in [6.07, 6.45) is 4.92. The van der Waals surface area contributed by atoms with Crippen LogP contribution in [0, 0.1) is 5.92 Å². The molecule has 26 heavy (non-hydrogen) atoms. The molecule has 6 nitrogen and oxygen atoms in total. The van der Waals surface area contributed by atoms with Gasteiger partial charge in [-0.3, -0.25) is 9.59 Å². The number of rotatable bonds is 11. The van der Waals surface area contributed by atoms with Crippen molar-refractivity contribution in [2.45, 2.75) is 38.3 Å². The maximum atomic E-state index is 12.3. The van der Waals surface area contributed by atoms with Crippen molar-refractivity contribution < 1.29 is 14.3 Å². The predicted octanol–water partition coefficient (Wildman–Crippen LogP) is 2.61. The lowest BCUT2D eigenvalue weighted by Gasteiger charge is -2.18. The highest BCUT2D eigenvalue weighted by Gasteiger charge is 2.21. The van der Waals surface area contributed by atoms with Gasteiger partial charge >= 0.3 is 0 Å². The molecule has 0 bridgehead atoms. The number of hydrogen-bond donors (Lipinski definition) is 3. The molecule has 2 rings (SSSR count). The molecule has 0 saturated heterocycles. The zero-order valence-corrected chi connectivity index (χ0v) is 17.2. The summed E-state index contributed by atoms with van der Waals surface area (Å²) in [7, 11) is 0. The smallest absolute Gasteiger partial charge is 0.281 e. The second kappa shape index (κ2) is 12.2. The van der Waals surface area contributed by atoms with Gasteiger partial charge in [0.1, 0.15) is 6.04 Å². The number of amides is 2. The molecule has 0 heterocycles. The van der Waals surface area contributed by atoms with Crippen LogP contribution in [0.1, 0.15) is 31.2 Å². The van der Waals surface area contributed by atoms with Gasteiger partial charge < -0.3 is 20.7 Å². The molecule has 1 atom stereocenters. The highest BCUT2D eigenvalue weighted by Crippen LogP contribution is 2.24. The Labute approximate surface area is 169 Å². The summed E-state index contributed by atoms with van der Waals surface area (Å²) < 4.78 is 5.44. The van der Waals surface area contributed by atoms with Gasteiger partial charge in [-0.05, 0) is 24.3 Å². The molecule has 1 saturated carbocycles. The molecule has 2 amide bonds. The van der Waals surface area contributed by atoms with Crippen LogP contribution in [0.25, 0.3) is 0 Å². The van der Waals surface area contributed by atoms with E-state index in [9.17, 15) is 9.59 Å². The molecule has 0 radical (unpaired) electrons. The van der Waals surface area contributed by atoms with E-state index < -0.39 is 6.04 Å². The van der Waals surface area contributed by atoms with Gasteiger partial charge in [-0.15, -0.1) is 0 Å². The lowest BCUT2D eigenvalue weighted by atomic mass is 10.1. The average Bonchev–Trinajstić information content (AvgIpc) is 3.14. The second-order valence-electron chi connectivity index (χ2n) is 6.61. The van der Waals surface area contributed by atoms with Crippen molar-refractivity contribution >= 4 is 32.4 Å². The highest BCUT2D eigenvalue weighted by atomic mass is 127. The van der Waals surface area contributed by atoms with Gasteiger partial charge in [0, 0.05) is 48.8 Å². The minimum atomic E-state index is -0.644. The molecule has 144 valence electrons. The van der Waals surface area contributed by atoms with E-state index in [-0.39, 0.29) is 16.4 Å². The molecular weight excluding hydrogens is 445 g/mol. The van der Waals surface area contributed by atoms with E-state index in [1.54, 1.807) is 22.6 Å². The minimum Gasteiger partial charge on any atom is -0.378 e. The molecule has 1 aliphatic carbocycles. The minimum absolute atomic E-state index is 0.206. The summed E-state index contributed by atoms with van der Waals surface area (Å²) in [4.78, 5) is 23.6. The van der Waals surface area contributed by atoms with Gasteiger partial charge in [0.15, 0.2) is 0 Å². The van der Waals surface area contributed by atoms with Crippen molar-refractivity contribution in [3.05, 3.63) is 35.9 Å². The van der Waals surface area contributed by atoms with Gasteiger partial charge in [-0.1, -0.05) is 43.2 Å². The first-order valence-corrected chi connectivity index (χ1v) is 10.3. The standard InChI is InChI=1S/C19H28IN3O3/c20-19(25)23-17(14-26-13-16-8-4-5-9-16)18(24)22-11-10-21-12-15-6-2-1-3-7-15/h1-3,6-7,16-17,21H,4-5,8-14H2,(H,22,24)(H,23,25). The topological polar surface area (TPSA) is 79.5 Å². The Morgan fingerprint density at radius 2 is 1.88 bits per heavy atom. The largest absolute Gasteiger partial charge is 0.378 e. The van der Waals surface area contributed by atoms with Gasteiger partial charge in [-0.2, -0.15) is 0 Å². The van der Waals surface area contributed by atoms with Crippen LogP contribution in [0.2, 0.25) is 0 Å². The molecule has 0 spiro atoms. The molecular formula is C19H28IN3O3. The van der Waals surface area contributed by atoms with Crippen LogP contribution in [-0.4, -0.2) is 42.2 Å². The van der Waals surface area contributed by atoms with Crippen molar-refractivity contribution in [1.82, 2.24) is 16.0 Å². The van der Waals surface area contributed by atoms with Crippen LogP contribution < -0.4 is 16.0 Å². The van der Waals surface area contributed by atoms with Crippen LogP contribution >= 0.6 is 22.6 Å². The van der Waals surface area contributed by atoms with Crippen molar-refractivity contribution in [3.63, 3.8) is 0 Å². The molecule has 1 aromatic carbocycles. The van der Waals surface area contributed by atoms with Gasteiger partial charge in [-0.25, -0.2) is 0 Å². The van der Waals surface area contributed by atoms with Gasteiger partial charge in [0.2, 0.25) is 5.91 Å². The molecule has 0 aliphatic heterocycles. The van der Waals surface area contributed by atoms with Gasteiger partial charge in [0.25, 0.3) is 3.91 Å². The number of ether oxygens (including phenoxy) is 1. The van der Waals surface area contributed by atoms with Crippen molar-refractivity contribution in [2.75, 3.05) is 26.3 Å². The van der Waals surface area contributed by atoms with Crippen molar-refractivity contribution in [2.24, 2.45) is 5.92 Å². The Balaban J connectivity index is 1.63. The molecule has 7 heteroatoms. The Hall–Kier alpha value is -1.19. The lowest BCUT2D eigenvalue weighted by molar-refractivity contribution is -0.124. The Morgan fingerprint density at radius 3 is 2.58 bits per heavy atom. The normalized spacial score (nSPS) is 15.6. The molecule has 1 fully saturated rings. The van der Waals surface area contributed by atoms with Crippen LogP contribution in [-0.2, 0) is 16.1 Å². The van der Waals surface area contributed by atoms with Crippen molar-refractivity contribution in [1.29, 1.82) is 0 Å². The number of hydrogen-bond acceptors (Lipinski definition) is 4. The second-order valence-corrected chi connectivity index (χ2v) is 7.59. The summed E-state index contributed by atoms with van der Waals surface area (Å²) in [6.45, 7) is 2.81. The zero-order valence-electron chi connectivity index (χ0n) is 15.0. The SMILES string of the molecule is O=C(I)NC(COCC1CCCC1)C(=O)NCCNCc1ccccc1. The van der Waals surface area contributed by atoms with Crippen LogP contribution in [0.3, 0.4) is 0 Å². The van der Waals surface area contributed by atoms with E-state index in [1.807, 2.05) is 18.2 Å². The first kappa shape index (κ1) is 21.1. The average molecular weight is 473 g/mol. The predicted molar refractivity (Wildman–Crippen MR) is 110 cm³/mol. The monoisotopic (exact) mass is 473 g/mol. The molecule has 3 N–H and O–H groups in total. The van der Waals surface area contributed by atoms with Crippen LogP contribution in [0.4, 0.5) is 4.79 Å². The van der Waals surface area contributed by atoms with E-state index in [1.165, 1.54) is 31.2 Å². The van der Waals surface area contributed by atoms with E-state index in [0.717, 1.165) is 6.54 Å². The lowest BCUT2D eigenvalue weighted by Crippen LogP contribution is -2.49. The molecule has 1 aromatic rings. The Morgan fingerprint density at radius 1 is 1.15 bits per heavy atom. The maximum Gasteiger partial charge on any atom is 0.281 e. The first-order valence-electron chi connectivity index (χ1n) is 9.21. The molecule has 1 aliphatic rings. The quantitative estimate of drug-likeness (QED) is 0.200. The summed E-state index contributed by atoms with van der Waals surface area (Å²) >= 11 is 1.64.